The van der Waals surface area contributed by atoms with Gasteiger partial charge < -0.3 is 0 Å². The number of nitrogens with one attached hydrogen (secondary N) is 1. The van der Waals surface area contributed by atoms with Crippen molar-refractivity contribution >= 4 is 48.9 Å². The molecule has 0 amide bonds. The number of ether oxygens (including phenoxy) is 1. The Hall–Kier alpha value is -2.25. The molecule has 8 nitrogen and oxygen atoms in total. The van der Waals surface area contributed by atoms with Crippen LogP contribution in [0.25, 0.3) is 22.6 Å². The zero-order valence-electron chi connectivity index (χ0n) is 18.2. The van der Waals surface area contributed by atoms with Crippen molar-refractivity contribution in [2.24, 2.45) is 11.3 Å². The topological polar surface area (TPSA) is 94.8 Å². The Morgan fingerprint density at radius 3 is 2.73 bits per heavy atom. The Bertz CT molecular complexity index is 1210. The minimum absolute atomic E-state index is 0.0231. The van der Waals surface area contributed by atoms with Crippen molar-refractivity contribution in [3.63, 3.8) is 0 Å². The molecule has 3 heterocycles. The molecule has 0 aromatic carbocycles. The number of carbonyl (C=O) groups excluding carboxylic acids is 1. The molecule has 2 atom stereocenters. The van der Waals surface area contributed by atoms with Gasteiger partial charge in [-0.05, 0) is 0 Å². The average Bonchev–Trinajstić information content (AvgIpc) is 3.41. The summed E-state index contributed by atoms with van der Waals surface area (Å²) in [5, 5.41) is 8.22. The minimum atomic E-state index is -0.609. The number of pyridine rings is 1. The first-order chi connectivity index (χ1) is 15.9. The number of fused-ring (bicyclic) bond motifs is 1. The van der Waals surface area contributed by atoms with E-state index in [0.717, 1.165) is 50.9 Å². The Balaban J connectivity index is 1.55. The molecule has 2 aliphatic carbocycles. The third kappa shape index (κ3) is 3.99. The third-order valence-electron chi connectivity index (χ3n) is 7.12. The SMILES string of the molecule is COC(=O)[C@H]1CCCC2(CCCC2)[C@H]1Nc1nc(-c2n[n]([Tl])c3ncc(F)cc23)ncc1F. The average molecular weight is 646 g/mol. The predicted octanol–water partition coefficient (Wildman–Crippen LogP) is 3.41. The van der Waals surface area contributed by atoms with Crippen LogP contribution in [0.15, 0.2) is 18.5 Å². The molecule has 2 aliphatic rings. The molecule has 33 heavy (non-hydrogen) atoms. The summed E-state index contributed by atoms with van der Waals surface area (Å²) in [6.07, 6.45) is 9.00. The fourth-order valence-corrected chi connectivity index (χ4v) is 6.86. The molecule has 2 fully saturated rings. The van der Waals surface area contributed by atoms with Crippen LogP contribution in [0.3, 0.4) is 0 Å². The van der Waals surface area contributed by atoms with Crippen LogP contribution < -0.4 is 5.32 Å². The van der Waals surface area contributed by atoms with E-state index in [-0.39, 0.29) is 35.0 Å². The number of anilines is 1. The number of rotatable bonds is 4. The molecule has 0 unspecified atom stereocenters. The van der Waals surface area contributed by atoms with Gasteiger partial charge in [-0.3, -0.25) is 0 Å². The van der Waals surface area contributed by atoms with E-state index in [1.807, 2.05) is 0 Å². The van der Waals surface area contributed by atoms with Gasteiger partial charge in [0.15, 0.2) is 0 Å². The third-order valence-corrected chi connectivity index (χ3v) is 8.52. The first-order valence-electron chi connectivity index (χ1n) is 11.1. The van der Waals surface area contributed by atoms with Crippen LogP contribution in [0.5, 0.6) is 0 Å². The van der Waals surface area contributed by atoms with Crippen LogP contribution in [0.1, 0.15) is 44.9 Å². The van der Waals surface area contributed by atoms with Crippen molar-refractivity contribution in [2.75, 3.05) is 12.4 Å². The summed E-state index contributed by atoms with van der Waals surface area (Å²) >= 11 is 0.299. The van der Waals surface area contributed by atoms with Gasteiger partial charge in [-0.1, -0.05) is 0 Å². The summed E-state index contributed by atoms with van der Waals surface area (Å²) in [4.78, 5) is 25.3. The van der Waals surface area contributed by atoms with Crippen molar-refractivity contribution < 1.29 is 18.3 Å². The Labute approximate surface area is 205 Å². The van der Waals surface area contributed by atoms with Crippen LogP contribution in [0.2, 0.25) is 0 Å². The van der Waals surface area contributed by atoms with E-state index in [1.54, 1.807) is 2.49 Å². The van der Waals surface area contributed by atoms with Gasteiger partial charge in [0.25, 0.3) is 0 Å². The normalized spacial score (nSPS) is 22.0. The van der Waals surface area contributed by atoms with E-state index in [1.165, 1.54) is 13.2 Å². The zero-order chi connectivity index (χ0) is 23.2. The van der Waals surface area contributed by atoms with Gasteiger partial charge in [-0.15, -0.1) is 0 Å². The first kappa shape index (κ1) is 22.5. The monoisotopic (exact) mass is 646 g/mol. The number of esters is 1. The van der Waals surface area contributed by atoms with E-state index >= 15 is 0 Å². The number of carbonyl (C=O) groups is 1. The Morgan fingerprint density at radius 1 is 1.21 bits per heavy atom. The van der Waals surface area contributed by atoms with E-state index in [9.17, 15) is 13.6 Å². The van der Waals surface area contributed by atoms with Crippen molar-refractivity contribution in [3.8, 4) is 11.5 Å². The summed E-state index contributed by atoms with van der Waals surface area (Å²) in [6, 6.07) is 1.05. The second-order valence-electron chi connectivity index (χ2n) is 8.92. The maximum absolute atomic E-state index is 14.9. The van der Waals surface area contributed by atoms with E-state index in [4.69, 9.17) is 4.74 Å². The van der Waals surface area contributed by atoms with Crippen LogP contribution in [-0.2, 0) is 9.53 Å². The number of aromatic nitrogens is 5. The number of hydrogen-bond acceptors (Lipinski definition) is 7. The molecule has 3 aromatic rings. The standard InChI is InChI=1S/C22H23F2N6O2.Tl/c1-32-21(31)13-5-4-8-22(6-2-3-7-22)17(13)27-19-15(24)11-26-20(28-19)16-14-9-12(23)10-25-18(14)30-29-16;/h9-11,13,17H,2-8H2,1H3,(H-,25,26,27,28,29,30);/q-1;+1/t13-,17-;/m0./s1. The molecule has 0 radical (unpaired) electrons. The molecule has 5 rings (SSSR count). The summed E-state index contributed by atoms with van der Waals surface area (Å²) in [6.45, 7) is 0. The summed E-state index contributed by atoms with van der Waals surface area (Å²) in [7, 11) is 1.39. The molecule has 1 spiro atoms. The molecule has 170 valence electrons. The number of methoxy groups -OCH3 is 1. The van der Waals surface area contributed by atoms with Gasteiger partial charge >= 0.3 is 206 Å². The van der Waals surface area contributed by atoms with Crippen LogP contribution in [-0.4, -0.2) is 67.7 Å². The summed E-state index contributed by atoms with van der Waals surface area (Å²) in [5.74, 6) is -1.55. The first-order valence-corrected chi connectivity index (χ1v) is 13.1. The molecular formula is C22H23F2N6O2Tl. The van der Waals surface area contributed by atoms with Gasteiger partial charge in [-0.25, -0.2) is 0 Å². The van der Waals surface area contributed by atoms with Crippen LogP contribution >= 0.6 is 0 Å². The maximum atomic E-state index is 14.9. The fraction of sp³-hybridized carbons (Fsp3) is 0.500. The van der Waals surface area contributed by atoms with E-state index in [0.29, 0.717) is 49.2 Å². The Morgan fingerprint density at radius 2 is 1.97 bits per heavy atom. The number of halogens is 2. The Kier molecular flexibility index (Phi) is 6.04. The van der Waals surface area contributed by atoms with E-state index < -0.39 is 11.6 Å². The molecular weight excluding hydrogens is 623 g/mol. The van der Waals surface area contributed by atoms with Gasteiger partial charge in [-0.2, -0.15) is 0 Å². The number of nitrogens with zero attached hydrogens (tertiary/aromatic N) is 5. The van der Waals surface area contributed by atoms with E-state index in [2.05, 4.69) is 25.4 Å². The second-order valence-corrected chi connectivity index (χ2v) is 10.8. The molecule has 0 bridgehead atoms. The number of hydrogen-bond donors (Lipinski definition) is 1. The molecule has 11 heteroatoms. The predicted molar refractivity (Wildman–Crippen MR) is 117 cm³/mol. The fourth-order valence-electron chi connectivity index (χ4n) is 5.61. The zero-order valence-corrected chi connectivity index (χ0v) is 22.7. The van der Waals surface area contributed by atoms with Gasteiger partial charge in [0.1, 0.15) is 0 Å². The molecule has 1 N–H and O–H groups in total. The van der Waals surface area contributed by atoms with Gasteiger partial charge in [0.2, 0.25) is 0 Å². The molecule has 3 aromatic heterocycles. The van der Waals surface area contributed by atoms with Crippen LogP contribution in [0.4, 0.5) is 14.6 Å². The quantitative estimate of drug-likeness (QED) is 0.344. The summed E-state index contributed by atoms with van der Waals surface area (Å²) < 4.78 is 35.6. The van der Waals surface area contributed by atoms with Crippen molar-refractivity contribution in [3.05, 3.63) is 30.1 Å². The second kappa shape index (κ2) is 8.84. The van der Waals surface area contributed by atoms with Gasteiger partial charge in [0.05, 0.1) is 0 Å². The summed E-state index contributed by atoms with van der Waals surface area (Å²) in [5.41, 5.74) is 0.805. The molecule has 0 aliphatic heterocycles. The van der Waals surface area contributed by atoms with Crippen molar-refractivity contribution in [2.45, 2.75) is 51.0 Å². The van der Waals surface area contributed by atoms with Crippen LogP contribution in [0, 0.1) is 23.0 Å². The van der Waals surface area contributed by atoms with Crippen molar-refractivity contribution in [1.29, 1.82) is 0 Å². The molecule has 2 saturated carbocycles. The van der Waals surface area contributed by atoms with Gasteiger partial charge in [0, 0.05) is 0 Å². The molecule has 0 saturated heterocycles. The van der Waals surface area contributed by atoms with Crippen molar-refractivity contribution in [1.82, 2.24) is 22.5 Å².